The van der Waals surface area contributed by atoms with Crippen molar-refractivity contribution >= 4 is 71.8 Å². The van der Waals surface area contributed by atoms with Crippen molar-refractivity contribution in [3.05, 3.63) is 132 Å². The molecule has 0 aliphatic heterocycles. The summed E-state index contributed by atoms with van der Waals surface area (Å²) in [7, 11) is 0. The summed E-state index contributed by atoms with van der Waals surface area (Å²) in [6.45, 7) is 6.69. The van der Waals surface area contributed by atoms with Crippen LogP contribution in [0.4, 0.5) is 0 Å². The number of benzene rings is 6. The lowest BCUT2D eigenvalue weighted by Gasteiger charge is -2.21. The molecule has 0 aliphatic carbocycles. The van der Waals surface area contributed by atoms with E-state index in [-0.39, 0.29) is 5.41 Å². The molecule has 6 aromatic carbocycles. The number of rotatable bonds is 3. The predicted octanol–water partition coefficient (Wildman–Crippen LogP) is 10.9. The molecule has 0 spiro atoms. The van der Waals surface area contributed by atoms with Gasteiger partial charge in [-0.15, -0.1) is 0 Å². The average Bonchev–Trinajstić information content (AvgIpc) is 3.74. The Morgan fingerprint density at radius 2 is 1.26 bits per heavy atom. The van der Waals surface area contributed by atoms with Gasteiger partial charge in [0.25, 0.3) is 0 Å². The fraction of sp³-hybridized carbons (Fsp3) is 0.0952. The molecule has 9 aromatic rings. The highest BCUT2D eigenvalue weighted by Gasteiger charge is 2.26. The quantitative estimate of drug-likeness (QED) is 0.203. The van der Waals surface area contributed by atoms with Crippen molar-refractivity contribution in [3.63, 3.8) is 0 Å². The number of fused-ring (bicyclic) bond motifs is 10. The van der Waals surface area contributed by atoms with Crippen LogP contribution in [0, 0.1) is 16.7 Å². The van der Waals surface area contributed by atoms with Crippen LogP contribution < -0.4 is 0 Å². The van der Waals surface area contributed by atoms with E-state index in [0.717, 1.165) is 76.9 Å². The van der Waals surface area contributed by atoms with Gasteiger partial charge in [0, 0.05) is 38.7 Å². The van der Waals surface area contributed by atoms with Gasteiger partial charge in [0.15, 0.2) is 0 Å². The third-order valence-corrected chi connectivity index (χ3v) is 9.62. The molecule has 0 atom stereocenters. The summed E-state index contributed by atoms with van der Waals surface area (Å²) in [5, 5.41) is 25.8. The molecule has 224 valence electrons. The number of hydrogen-bond donors (Lipinski definition) is 1. The van der Waals surface area contributed by atoms with Crippen LogP contribution in [0.25, 0.3) is 76.9 Å². The summed E-state index contributed by atoms with van der Waals surface area (Å²) >= 11 is 0. The number of nitrogens with zero attached hydrogens (tertiary/aromatic N) is 3. The molecule has 0 amide bonds. The number of nitrogens with one attached hydrogen (secondary N) is 1. The summed E-state index contributed by atoms with van der Waals surface area (Å²) in [5.74, 6) is 0. The highest BCUT2D eigenvalue weighted by Crippen LogP contribution is 2.44. The Morgan fingerprint density at radius 1 is 0.638 bits per heavy atom. The number of nitriles is 1. The van der Waals surface area contributed by atoms with Gasteiger partial charge in [-0.3, -0.25) is 0 Å². The van der Waals surface area contributed by atoms with Gasteiger partial charge in [0.1, 0.15) is 17.2 Å². The van der Waals surface area contributed by atoms with Crippen LogP contribution in [-0.2, 0) is 5.41 Å². The van der Waals surface area contributed by atoms with Crippen molar-refractivity contribution in [2.24, 2.45) is 0 Å². The van der Waals surface area contributed by atoms with Crippen LogP contribution in [0.3, 0.4) is 0 Å². The molecule has 3 aromatic heterocycles. The van der Waals surface area contributed by atoms with E-state index >= 15 is 0 Å². The maximum absolute atomic E-state index is 10.7. The molecule has 0 aliphatic rings. The molecule has 0 saturated heterocycles. The van der Waals surface area contributed by atoms with Crippen LogP contribution >= 0.6 is 0 Å². The first kappa shape index (κ1) is 27.2. The van der Waals surface area contributed by atoms with Gasteiger partial charge in [-0.05, 0) is 65.6 Å². The second-order valence-corrected chi connectivity index (χ2v) is 13.3. The second kappa shape index (κ2) is 9.69. The van der Waals surface area contributed by atoms with Crippen molar-refractivity contribution in [2.75, 3.05) is 0 Å². The van der Waals surface area contributed by atoms with Gasteiger partial charge in [0.2, 0.25) is 0 Å². The lowest BCUT2D eigenvalue weighted by atomic mass is 9.86. The van der Waals surface area contributed by atoms with Crippen LogP contribution in [0.2, 0.25) is 0 Å². The maximum atomic E-state index is 10.7. The largest absolute Gasteiger partial charge is 0.455 e. The monoisotopic (exact) mass is 606 g/mol. The van der Waals surface area contributed by atoms with E-state index in [4.69, 9.17) is 9.83 Å². The molecule has 5 nitrogen and oxygen atoms in total. The molecule has 3 heterocycles. The Kier molecular flexibility index (Phi) is 5.61. The van der Waals surface area contributed by atoms with Crippen LogP contribution in [-0.4, -0.2) is 15.3 Å². The Balaban J connectivity index is 1.52. The lowest BCUT2D eigenvalue weighted by molar-refractivity contribution is 0.591. The number of hydrogen-bond acceptors (Lipinski definition) is 3. The smallest absolute Gasteiger partial charge is 0.145 e. The van der Waals surface area contributed by atoms with Gasteiger partial charge < -0.3 is 19.0 Å². The van der Waals surface area contributed by atoms with Gasteiger partial charge in [-0.1, -0.05) is 81.4 Å². The topological polar surface area (TPSA) is 70.6 Å². The number of aromatic nitrogens is 2. The minimum atomic E-state index is -0.0701. The molecule has 0 fully saturated rings. The minimum Gasteiger partial charge on any atom is -0.455 e. The van der Waals surface area contributed by atoms with Crippen molar-refractivity contribution < 1.29 is 4.42 Å². The van der Waals surface area contributed by atoms with E-state index in [0.29, 0.717) is 11.1 Å². The first-order chi connectivity index (χ1) is 22.9. The van der Waals surface area contributed by atoms with Crippen molar-refractivity contribution in [1.29, 1.82) is 10.7 Å². The molecule has 5 heteroatoms. The van der Waals surface area contributed by atoms with Gasteiger partial charge in [-0.25, -0.2) is 0 Å². The Hall–Kier alpha value is -6.12. The first-order valence-corrected chi connectivity index (χ1v) is 15.8. The first-order valence-electron chi connectivity index (χ1n) is 15.8. The third-order valence-electron chi connectivity index (χ3n) is 9.62. The summed E-state index contributed by atoms with van der Waals surface area (Å²) in [5.41, 5.74) is 9.56. The SMILES string of the molecule is CC(C)(C)c1ccc2c(c1)c1c3oc4ccccc4c3ccc1n2-c1c(C=N)ccc(C#N)c1-n1c2ccccc2c2ccccc21. The fourth-order valence-electron chi connectivity index (χ4n) is 7.42. The molecule has 47 heavy (non-hydrogen) atoms. The summed E-state index contributed by atoms with van der Waals surface area (Å²) in [4.78, 5) is 0. The number of para-hydroxylation sites is 3. The van der Waals surface area contributed by atoms with E-state index in [2.05, 4.69) is 109 Å². The highest BCUT2D eigenvalue weighted by molar-refractivity contribution is 6.24. The Morgan fingerprint density at radius 3 is 1.94 bits per heavy atom. The predicted molar refractivity (Wildman–Crippen MR) is 194 cm³/mol. The summed E-state index contributed by atoms with van der Waals surface area (Å²) in [6.07, 6.45) is 1.40. The van der Waals surface area contributed by atoms with E-state index < -0.39 is 0 Å². The van der Waals surface area contributed by atoms with E-state index in [1.165, 1.54) is 11.8 Å². The minimum absolute atomic E-state index is 0.0701. The molecule has 9 rings (SSSR count). The molecular formula is C42H30N4O. The molecule has 0 bridgehead atoms. The molecule has 0 unspecified atom stereocenters. The zero-order valence-corrected chi connectivity index (χ0v) is 26.3. The van der Waals surface area contributed by atoms with Crippen molar-refractivity contribution in [2.45, 2.75) is 26.2 Å². The van der Waals surface area contributed by atoms with Crippen LogP contribution in [0.1, 0.15) is 37.5 Å². The number of furan rings is 1. The third kappa shape index (κ3) is 3.73. The van der Waals surface area contributed by atoms with Crippen molar-refractivity contribution in [1.82, 2.24) is 9.13 Å². The Bertz CT molecular complexity index is 2760. The van der Waals surface area contributed by atoms with E-state index in [9.17, 15) is 5.26 Å². The summed E-state index contributed by atoms with van der Waals surface area (Å²) < 4.78 is 11.1. The van der Waals surface area contributed by atoms with E-state index in [1.807, 2.05) is 42.5 Å². The molecule has 0 saturated carbocycles. The Labute approximate surface area is 271 Å². The zero-order chi connectivity index (χ0) is 32.0. The van der Waals surface area contributed by atoms with Crippen molar-refractivity contribution in [3.8, 4) is 17.4 Å². The van der Waals surface area contributed by atoms with Gasteiger partial charge >= 0.3 is 0 Å². The van der Waals surface area contributed by atoms with Crippen LogP contribution in [0.15, 0.2) is 120 Å². The van der Waals surface area contributed by atoms with E-state index in [1.54, 1.807) is 0 Å². The van der Waals surface area contributed by atoms with Gasteiger partial charge in [-0.2, -0.15) is 5.26 Å². The maximum Gasteiger partial charge on any atom is 0.145 e. The normalized spacial score (nSPS) is 12.2. The molecule has 1 N–H and O–H groups in total. The lowest BCUT2D eigenvalue weighted by Crippen LogP contribution is -2.11. The standard InChI is InChI=1S/C42H30N4O/c1-42(2,3)27-18-20-35-32(22-27)38-36(21-19-31-30-12-6-9-15-37(30)47-41(31)38)46(35)40-26(24-44)17-16-25(23-43)39(40)45-33-13-7-4-10-28(33)29-11-5-8-14-34(29)45/h4-22,24,44H,1-3H3. The second-order valence-electron chi connectivity index (χ2n) is 13.3. The highest BCUT2D eigenvalue weighted by atomic mass is 16.3. The average molecular weight is 607 g/mol. The molecular weight excluding hydrogens is 576 g/mol. The summed E-state index contributed by atoms with van der Waals surface area (Å²) in [6, 6.07) is 42.1. The zero-order valence-electron chi connectivity index (χ0n) is 26.3. The molecule has 0 radical (unpaired) electrons. The van der Waals surface area contributed by atoms with Crippen LogP contribution in [0.5, 0.6) is 0 Å². The fourth-order valence-corrected chi connectivity index (χ4v) is 7.42. The van der Waals surface area contributed by atoms with Gasteiger partial charge in [0.05, 0.1) is 44.4 Å².